The summed E-state index contributed by atoms with van der Waals surface area (Å²) in [6.45, 7) is 8.93. The SMILES string of the molecule is CCCN1CCN(C(=O)c2cc(S)ccc2C)CC1. The maximum absolute atomic E-state index is 12.5. The first kappa shape index (κ1) is 14.4. The van der Waals surface area contributed by atoms with E-state index in [1.165, 1.54) is 6.42 Å². The molecule has 0 atom stereocenters. The lowest BCUT2D eigenvalue weighted by Gasteiger charge is -2.34. The van der Waals surface area contributed by atoms with Crippen LogP contribution in [0.5, 0.6) is 0 Å². The van der Waals surface area contributed by atoms with Gasteiger partial charge in [0.15, 0.2) is 0 Å². The zero-order chi connectivity index (χ0) is 13.8. The highest BCUT2D eigenvalue weighted by atomic mass is 32.1. The number of amides is 1. The number of piperazine rings is 1. The lowest BCUT2D eigenvalue weighted by Crippen LogP contribution is -2.48. The normalized spacial score (nSPS) is 16.7. The summed E-state index contributed by atoms with van der Waals surface area (Å²) in [7, 11) is 0. The third-order valence-electron chi connectivity index (χ3n) is 3.65. The van der Waals surface area contributed by atoms with Crippen LogP contribution < -0.4 is 0 Å². The summed E-state index contributed by atoms with van der Waals surface area (Å²) in [5.74, 6) is 0.143. The topological polar surface area (TPSA) is 23.6 Å². The van der Waals surface area contributed by atoms with Crippen LogP contribution in [0.3, 0.4) is 0 Å². The molecule has 0 aliphatic carbocycles. The predicted octanol–water partition coefficient (Wildman–Crippen LogP) is 2.45. The van der Waals surface area contributed by atoms with Crippen molar-refractivity contribution in [1.29, 1.82) is 0 Å². The highest BCUT2D eigenvalue weighted by Gasteiger charge is 2.22. The Morgan fingerprint density at radius 2 is 1.95 bits per heavy atom. The molecule has 0 unspecified atom stereocenters. The van der Waals surface area contributed by atoms with E-state index in [0.717, 1.165) is 48.7 Å². The molecule has 1 fully saturated rings. The number of benzene rings is 1. The van der Waals surface area contributed by atoms with Crippen molar-refractivity contribution in [3.05, 3.63) is 29.3 Å². The zero-order valence-corrected chi connectivity index (χ0v) is 12.6. The van der Waals surface area contributed by atoms with Gasteiger partial charge in [-0.3, -0.25) is 9.69 Å². The summed E-state index contributed by atoms with van der Waals surface area (Å²) in [5, 5.41) is 0. The van der Waals surface area contributed by atoms with Crippen molar-refractivity contribution >= 4 is 18.5 Å². The molecule has 0 N–H and O–H groups in total. The molecule has 2 rings (SSSR count). The van der Waals surface area contributed by atoms with Crippen molar-refractivity contribution in [1.82, 2.24) is 9.80 Å². The quantitative estimate of drug-likeness (QED) is 0.859. The molecular formula is C15H22N2OS. The van der Waals surface area contributed by atoms with Crippen LogP contribution in [-0.4, -0.2) is 48.4 Å². The third kappa shape index (κ3) is 3.51. The van der Waals surface area contributed by atoms with Gasteiger partial charge < -0.3 is 4.90 Å². The van der Waals surface area contributed by atoms with E-state index in [9.17, 15) is 4.79 Å². The molecule has 4 heteroatoms. The van der Waals surface area contributed by atoms with Crippen molar-refractivity contribution in [2.24, 2.45) is 0 Å². The van der Waals surface area contributed by atoms with Crippen molar-refractivity contribution in [2.45, 2.75) is 25.2 Å². The monoisotopic (exact) mass is 278 g/mol. The summed E-state index contributed by atoms with van der Waals surface area (Å²) >= 11 is 4.32. The number of carbonyl (C=O) groups excluding carboxylic acids is 1. The zero-order valence-electron chi connectivity index (χ0n) is 11.7. The van der Waals surface area contributed by atoms with Crippen LogP contribution in [0, 0.1) is 6.92 Å². The van der Waals surface area contributed by atoms with Crippen molar-refractivity contribution < 1.29 is 4.79 Å². The Balaban J connectivity index is 2.03. The Labute approximate surface area is 121 Å². The molecule has 1 saturated heterocycles. The summed E-state index contributed by atoms with van der Waals surface area (Å²) in [6, 6.07) is 5.76. The van der Waals surface area contributed by atoms with Gasteiger partial charge in [-0.05, 0) is 37.6 Å². The Hall–Kier alpha value is -1.00. The first-order chi connectivity index (χ1) is 9.11. The number of aryl methyl sites for hydroxylation is 1. The molecule has 0 saturated carbocycles. The summed E-state index contributed by atoms with van der Waals surface area (Å²) in [5.41, 5.74) is 1.82. The van der Waals surface area contributed by atoms with Gasteiger partial charge >= 0.3 is 0 Å². The Morgan fingerprint density at radius 1 is 1.26 bits per heavy atom. The van der Waals surface area contributed by atoms with Gasteiger partial charge in [-0.2, -0.15) is 0 Å². The maximum Gasteiger partial charge on any atom is 0.254 e. The van der Waals surface area contributed by atoms with Crippen LogP contribution in [-0.2, 0) is 0 Å². The highest BCUT2D eigenvalue weighted by molar-refractivity contribution is 7.80. The van der Waals surface area contributed by atoms with Crippen LogP contribution in [0.15, 0.2) is 23.1 Å². The van der Waals surface area contributed by atoms with Gasteiger partial charge in [-0.25, -0.2) is 0 Å². The van der Waals surface area contributed by atoms with E-state index in [2.05, 4.69) is 24.5 Å². The van der Waals surface area contributed by atoms with E-state index in [0.29, 0.717) is 0 Å². The Morgan fingerprint density at radius 3 is 2.58 bits per heavy atom. The van der Waals surface area contributed by atoms with E-state index in [4.69, 9.17) is 0 Å². The van der Waals surface area contributed by atoms with Gasteiger partial charge in [-0.15, -0.1) is 12.6 Å². The van der Waals surface area contributed by atoms with E-state index in [-0.39, 0.29) is 5.91 Å². The lowest BCUT2D eigenvalue weighted by molar-refractivity contribution is 0.0636. The van der Waals surface area contributed by atoms with Crippen LogP contribution in [0.2, 0.25) is 0 Å². The van der Waals surface area contributed by atoms with E-state index >= 15 is 0 Å². The number of hydrogen-bond donors (Lipinski definition) is 1. The van der Waals surface area contributed by atoms with E-state index in [1.807, 2.05) is 30.0 Å². The van der Waals surface area contributed by atoms with Crippen molar-refractivity contribution in [3.8, 4) is 0 Å². The van der Waals surface area contributed by atoms with E-state index in [1.54, 1.807) is 0 Å². The molecule has 104 valence electrons. The number of rotatable bonds is 3. The molecule has 0 spiro atoms. The van der Waals surface area contributed by atoms with Crippen molar-refractivity contribution in [3.63, 3.8) is 0 Å². The minimum Gasteiger partial charge on any atom is -0.336 e. The Bertz CT molecular complexity index is 453. The van der Waals surface area contributed by atoms with Crippen LogP contribution in [0.1, 0.15) is 29.3 Å². The molecule has 0 bridgehead atoms. The van der Waals surface area contributed by atoms with E-state index < -0.39 is 0 Å². The van der Waals surface area contributed by atoms with Gasteiger partial charge in [0, 0.05) is 36.6 Å². The lowest BCUT2D eigenvalue weighted by atomic mass is 10.1. The fourth-order valence-electron chi connectivity index (χ4n) is 2.50. The average molecular weight is 278 g/mol. The molecule has 3 nitrogen and oxygen atoms in total. The number of carbonyl (C=O) groups is 1. The number of thiol groups is 1. The summed E-state index contributed by atoms with van der Waals surface area (Å²) < 4.78 is 0. The maximum atomic E-state index is 12.5. The van der Waals surface area contributed by atoms with Gasteiger partial charge in [-0.1, -0.05) is 13.0 Å². The van der Waals surface area contributed by atoms with Crippen LogP contribution >= 0.6 is 12.6 Å². The van der Waals surface area contributed by atoms with Gasteiger partial charge in [0.1, 0.15) is 0 Å². The van der Waals surface area contributed by atoms with Gasteiger partial charge in [0.25, 0.3) is 5.91 Å². The van der Waals surface area contributed by atoms with Gasteiger partial charge in [0.2, 0.25) is 0 Å². The molecule has 1 aromatic carbocycles. The minimum atomic E-state index is 0.143. The molecule has 1 aromatic rings. The fraction of sp³-hybridized carbons (Fsp3) is 0.533. The average Bonchev–Trinajstić information content (AvgIpc) is 2.42. The van der Waals surface area contributed by atoms with Gasteiger partial charge in [0.05, 0.1) is 0 Å². The molecule has 1 aliphatic heterocycles. The summed E-state index contributed by atoms with van der Waals surface area (Å²) in [4.78, 5) is 17.7. The van der Waals surface area contributed by atoms with Crippen LogP contribution in [0.4, 0.5) is 0 Å². The first-order valence-electron chi connectivity index (χ1n) is 6.93. The smallest absolute Gasteiger partial charge is 0.254 e. The first-order valence-corrected chi connectivity index (χ1v) is 7.37. The molecule has 1 amide bonds. The molecule has 19 heavy (non-hydrogen) atoms. The number of nitrogens with zero attached hydrogens (tertiary/aromatic N) is 2. The van der Waals surface area contributed by atoms with Crippen LogP contribution in [0.25, 0.3) is 0 Å². The molecule has 0 aromatic heterocycles. The minimum absolute atomic E-state index is 0.143. The predicted molar refractivity (Wildman–Crippen MR) is 81.1 cm³/mol. The molecule has 1 heterocycles. The Kier molecular flexibility index (Phi) is 4.88. The molecule has 1 aliphatic rings. The summed E-state index contributed by atoms with van der Waals surface area (Å²) in [6.07, 6.45) is 1.18. The van der Waals surface area contributed by atoms with Crippen molar-refractivity contribution in [2.75, 3.05) is 32.7 Å². The standard InChI is InChI=1S/C15H22N2OS/c1-3-6-16-7-9-17(10-8-16)15(18)14-11-13(19)5-4-12(14)2/h4-5,11,19H,3,6-10H2,1-2H3. The second kappa shape index (κ2) is 6.44. The second-order valence-electron chi connectivity index (χ2n) is 5.13. The third-order valence-corrected chi connectivity index (χ3v) is 3.93. The molecular weight excluding hydrogens is 256 g/mol. The highest BCUT2D eigenvalue weighted by Crippen LogP contribution is 2.17. The second-order valence-corrected chi connectivity index (χ2v) is 5.65. The largest absolute Gasteiger partial charge is 0.336 e. The number of hydrogen-bond acceptors (Lipinski definition) is 3. The fourth-order valence-corrected chi connectivity index (χ4v) is 2.71. The molecule has 0 radical (unpaired) electrons.